The maximum atomic E-state index is 13.2. The average Bonchev–Trinajstić information content (AvgIpc) is 2.67. The molecule has 5 N–H and O–H groups in total. The van der Waals surface area contributed by atoms with Crippen LogP contribution in [0.4, 0.5) is 24.5 Å². The number of nitrogen functional groups attached to an aromatic ring is 1. The zero-order chi connectivity index (χ0) is 20.5. The fourth-order valence-corrected chi connectivity index (χ4v) is 2.83. The van der Waals surface area contributed by atoms with Crippen molar-refractivity contribution in [2.24, 2.45) is 11.5 Å². The summed E-state index contributed by atoms with van der Waals surface area (Å²) >= 11 is 0. The number of anilines is 2. The Morgan fingerprint density at radius 1 is 0.929 bits per heavy atom. The molecule has 1 amide bonds. The van der Waals surface area contributed by atoms with Gasteiger partial charge in [0.25, 0.3) is 0 Å². The van der Waals surface area contributed by atoms with Crippen LogP contribution in [-0.4, -0.2) is 17.9 Å². The second kappa shape index (κ2) is 7.32. The zero-order valence-corrected chi connectivity index (χ0v) is 14.6. The van der Waals surface area contributed by atoms with Gasteiger partial charge in [-0.2, -0.15) is 13.2 Å². The predicted molar refractivity (Wildman–Crippen MR) is 102 cm³/mol. The van der Waals surface area contributed by atoms with Gasteiger partial charge in [0.15, 0.2) is 0 Å². The van der Waals surface area contributed by atoms with E-state index in [0.29, 0.717) is 21.2 Å². The van der Waals surface area contributed by atoms with Gasteiger partial charge in [0.2, 0.25) is 0 Å². The SMILES string of the molecule is N=C(N)c1ccc2cc(N(C(=O)C(F)(F)F)c3ccc(CN)cc3)ccc2c1. The van der Waals surface area contributed by atoms with E-state index in [0.717, 1.165) is 5.56 Å². The molecule has 3 rings (SSSR count). The lowest BCUT2D eigenvalue weighted by molar-refractivity contribution is -0.169. The minimum Gasteiger partial charge on any atom is -0.384 e. The van der Waals surface area contributed by atoms with Crippen LogP contribution in [0.2, 0.25) is 0 Å². The van der Waals surface area contributed by atoms with Gasteiger partial charge in [-0.3, -0.25) is 15.1 Å². The first-order chi connectivity index (χ1) is 13.2. The van der Waals surface area contributed by atoms with E-state index in [1.165, 1.54) is 24.3 Å². The number of amides is 1. The monoisotopic (exact) mass is 386 g/mol. The van der Waals surface area contributed by atoms with Crippen LogP contribution in [0.15, 0.2) is 60.7 Å². The van der Waals surface area contributed by atoms with E-state index in [2.05, 4.69) is 0 Å². The summed E-state index contributed by atoms with van der Waals surface area (Å²) in [6, 6.07) is 15.4. The Morgan fingerprint density at radius 3 is 2.07 bits per heavy atom. The minimum atomic E-state index is -5.04. The van der Waals surface area contributed by atoms with E-state index in [9.17, 15) is 18.0 Å². The second-order valence-electron chi connectivity index (χ2n) is 6.17. The van der Waals surface area contributed by atoms with Crippen LogP contribution in [0.5, 0.6) is 0 Å². The molecule has 0 aliphatic rings. The van der Waals surface area contributed by atoms with Crippen LogP contribution in [0.25, 0.3) is 10.8 Å². The number of nitrogens with zero attached hydrogens (tertiary/aromatic N) is 1. The fourth-order valence-electron chi connectivity index (χ4n) is 2.83. The molecule has 0 saturated carbocycles. The van der Waals surface area contributed by atoms with Crippen molar-refractivity contribution in [3.63, 3.8) is 0 Å². The number of halogens is 3. The highest BCUT2D eigenvalue weighted by Gasteiger charge is 2.43. The Labute approximate surface area is 158 Å². The standard InChI is InChI=1S/C20H17F3N4O/c21-20(22,23)19(28)27(16-6-1-12(11-24)2-7-16)17-8-5-13-9-15(18(25)26)4-3-14(13)10-17/h1-10H,11,24H2,(H3,25,26). The quantitative estimate of drug-likeness (QED) is 0.470. The molecular formula is C20H17F3N4O. The highest BCUT2D eigenvalue weighted by molar-refractivity contribution is 6.06. The van der Waals surface area contributed by atoms with Crippen molar-refractivity contribution < 1.29 is 18.0 Å². The van der Waals surface area contributed by atoms with Crippen LogP contribution in [0.1, 0.15) is 11.1 Å². The Hall–Kier alpha value is -3.39. The molecule has 0 aliphatic carbocycles. The van der Waals surface area contributed by atoms with Gasteiger partial charge in [0.05, 0.1) is 0 Å². The topological polar surface area (TPSA) is 96.2 Å². The molecule has 0 bridgehead atoms. The molecule has 0 unspecified atom stereocenters. The Kier molecular flexibility index (Phi) is 5.06. The molecule has 0 atom stereocenters. The number of amidine groups is 1. The summed E-state index contributed by atoms with van der Waals surface area (Å²) < 4.78 is 39.7. The van der Waals surface area contributed by atoms with Crippen molar-refractivity contribution in [1.29, 1.82) is 5.41 Å². The third-order valence-corrected chi connectivity index (χ3v) is 4.27. The fraction of sp³-hybridized carbons (Fsp3) is 0.100. The summed E-state index contributed by atoms with van der Waals surface area (Å²) in [7, 11) is 0. The molecule has 3 aromatic rings. The summed E-state index contributed by atoms with van der Waals surface area (Å²) in [6.07, 6.45) is -5.04. The Morgan fingerprint density at radius 2 is 1.50 bits per heavy atom. The van der Waals surface area contributed by atoms with E-state index in [-0.39, 0.29) is 23.8 Å². The lowest BCUT2D eigenvalue weighted by Gasteiger charge is -2.24. The molecule has 144 valence electrons. The first kappa shape index (κ1) is 19.4. The van der Waals surface area contributed by atoms with E-state index in [1.54, 1.807) is 36.4 Å². The molecule has 8 heteroatoms. The molecule has 0 aromatic heterocycles. The largest absolute Gasteiger partial charge is 0.472 e. The molecule has 0 fully saturated rings. The number of benzene rings is 3. The lowest BCUT2D eigenvalue weighted by Crippen LogP contribution is -2.38. The Balaban J connectivity index is 2.12. The molecule has 0 heterocycles. The van der Waals surface area contributed by atoms with Gasteiger partial charge in [0.1, 0.15) is 5.84 Å². The normalized spacial score (nSPS) is 11.4. The number of hydrogen-bond acceptors (Lipinski definition) is 3. The summed E-state index contributed by atoms with van der Waals surface area (Å²) in [5, 5.41) is 8.78. The van der Waals surface area contributed by atoms with Gasteiger partial charge in [-0.1, -0.05) is 30.3 Å². The highest BCUT2D eigenvalue weighted by atomic mass is 19.4. The van der Waals surface area contributed by atoms with Crippen molar-refractivity contribution in [2.45, 2.75) is 12.7 Å². The first-order valence-corrected chi connectivity index (χ1v) is 8.29. The number of rotatable bonds is 4. The van der Waals surface area contributed by atoms with E-state index in [4.69, 9.17) is 16.9 Å². The summed E-state index contributed by atoms with van der Waals surface area (Å²) in [6.45, 7) is 0.238. The van der Waals surface area contributed by atoms with E-state index >= 15 is 0 Å². The third-order valence-electron chi connectivity index (χ3n) is 4.27. The summed E-state index contributed by atoms with van der Waals surface area (Å²) in [4.78, 5) is 12.8. The van der Waals surface area contributed by atoms with Gasteiger partial charge in [-0.15, -0.1) is 0 Å². The van der Waals surface area contributed by atoms with Crippen molar-refractivity contribution in [3.8, 4) is 0 Å². The zero-order valence-electron chi connectivity index (χ0n) is 14.6. The molecule has 3 aromatic carbocycles. The van der Waals surface area contributed by atoms with E-state index in [1.807, 2.05) is 0 Å². The van der Waals surface area contributed by atoms with Gasteiger partial charge in [-0.05, 0) is 46.7 Å². The number of carbonyl (C=O) groups is 1. The number of nitrogens with one attached hydrogen (secondary N) is 1. The number of hydrogen-bond donors (Lipinski definition) is 3. The van der Waals surface area contributed by atoms with Crippen LogP contribution in [-0.2, 0) is 11.3 Å². The number of fused-ring (bicyclic) bond motifs is 1. The molecular weight excluding hydrogens is 369 g/mol. The van der Waals surface area contributed by atoms with Crippen molar-refractivity contribution in [3.05, 3.63) is 71.8 Å². The van der Waals surface area contributed by atoms with Crippen LogP contribution in [0, 0.1) is 5.41 Å². The summed E-state index contributed by atoms with van der Waals surface area (Å²) in [5.74, 6) is -2.10. The van der Waals surface area contributed by atoms with Crippen molar-refractivity contribution in [1.82, 2.24) is 0 Å². The van der Waals surface area contributed by atoms with Gasteiger partial charge in [-0.25, -0.2) is 0 Å². The van der Waals surface area contributed by atoms with Gasteiger partial charge >= 0.3 is 12.1 Å². The molecule has 0 aliphatic heterocycles. The minimum absolute atomic E-state index is 0.0749. The Bertz CT molecular complexity index is 1050. The number of alkyl halides is 3. The number of carbonyl (C=O) groups excluding carboxylic acids is 1. The van der Waals surface area contributed by atoms with Crippen LogP contribution < -0.4 is 16.4 Å². The van der Waals surface area contributed by atoms with Crippen LogP contribution in [0.3, 0.4) is 0 Å². The predicted octanol–water partition coefficient (Wildman–Crippen LogP) is 3.81. The molecule has 0 spiro atoms. The molecule has 0 saturated heterocycles. The molecule has 28 heavy (non-hydrogen) atoms. The van der Waals surface area contributed by atoms with E-state index < -0.39 is 12.1 Å². The van der Waals surface area contributed by atoms with Crippen molar-refractivity contribution >= 4 is 33.9 Å². The van der Waals surface area contributed by atoms with Crippen LogP contribution >= 0.6 is 0 Å². The number of nitrogens with two attached hydrogens (primary N) is 2. The molecule has 5 nitrogen and oxygen atoms in total. The van der Waals surface area contributed by atoms with Crippen molar-refractivity contribution in [2.75, 3.05) is 4.90 Å². The maximum absolute atomic E-state index is 13.2. The second-order valence-corrected chi connectivity index (χ2v) is 6.17. The van der Waals surface area contributed by atoms with Gasteiger partial charge in [0, 0.05) is 23.5 Å². The highest BCUT2D eigenvalue weighted by Crippen LogP contribution is 2.33. The average molecular weight is 386 g/mol. The smallest absolute Gasteiger partial charge is 0.384 e. The lowest BCUT2D eigenvalue weighted by atomic mass is 10.0. The van der Waals surface area contributed by atoms with Gasteiger partial charge < -0.3 is 11.5 Å². The third kappa shape index (κ3) is 3.81. The molecule has 0 radical (unpaired) electrons. The maximum Gasteiger partial charge on any atom is 0.472 e. The first-order valence-electron chi connectivity index (χ1n) is 8.29. The summed E-state index contributed by atoms with van der Waals surface area (Å²) in [5.41, 5.74) is 12.4.